The zero-order valence-corrected chi connectivity index (χ0v) is 19.6. The average Bonchev–Trinajstić information content (AvgIpc) is 2.80. The summed E-state index contributed by atoms with van der Waals surface area (Å²) in [7, 11) is -3.80. The number of piperidine rings is 1. The van der Waals surface area contributed by atoms with Crippen LogP contribution in [0.5, 0.6) is 0 Å². The molecule has 0 saturated carbocycles. The molecule has 2 N–H and O–H groups in total. The second-order valence-corrected chi connectivity index (χ2v) is 10.6. The van der Waals surface area contributed by atoms with Crippen molar-refractivity contribution in [3.8, 4) is 0 Å². The molecule has 1 aliphatic rings. The van der Waals surface area contributed by atoms with Crippen LogP contribution < -0.4 is 5.32 Å². The lowest BCUT2D eigenvalue weighted by molar-refractivity contribution is -0.00961. The van der Waals surface area contributed by atoms with E-state index in [-0.39, 0.29) is 23.5 Å². The van der Waals surface area contributed by atoms with Crippen molar-refractivity contribution in [2.45, 2.75) is 23.3 Å². The number of anilines is 1. The third-order valence-electron chi connectivity index (χ3n) is 5.68. The highest BCUT2D eigenvalue weighted by Gasteiger charge is 2.38. The molecule has 4 rings (SSSR count). The molecule has 0 unspecified atom stereocenters. The second kappa shape index (κ2) is 9.15. The highest BCUT2D eigenvalue weighted by molar-refractivity contribution is 9.10. The predicted octanol–water partition coefficient (Wildman–Crippen LogP) is 4.37. The number of aliphatic hydroxyl groups is 1. The number of nitrogens with zero attached hydrogens (tertiary/aromatic N) is 1. The van der Waals surface area contributed by atoms with Crippen LogP contribution in [0.15, 0.2) is 88.2 Å². The third-order valence-corrected chi connectivity index (χ3v) is 8.07. The Balaban J connectivity index is 1.49. The number of benzene rings is 3. The van der Waals surface area contributed by atoms with E-state index in [1.807, 2.05) is 36.4 Å². The zero-order chi connectivity index (χ0) is 22.8. The van der Waals surface area contributed by atoms with Gasteiger partial charge in [0.2, 0.25) is 10.0 Å². The summed E-state index contributed by atoms with van der Waals surface area (Å²) in [5.41, 5.74) is 0.611. The first-order valence-corrected chi connectivity index (χ1v) is 12.5. The fourth-order valence-corrected chi connectivity index (χ4v) is 5.74. The molecular formula is C24H23BrN2O4S. The summed E-state index contributed by atoms with van der Waals surface area (Å²) >= 11 is 3.36. The molecule has 3 aromatic carbocycles. The van der Waals surface area contributed by atoms with Gasteiger partial charge in [-0.05, 0) is 54.8 Å². The molecule has 3 aromatic rings. The van der Waals surface area contributed by atoms with E-state index in [1.165, 1.54) is 16.4 Å². The number of carbonyl (C=O) groups excluding carboxylic acids is 1. The minimum Gasteiger partial charge on any atom is -0.385 e. The van der Waals surface area contributed by atoms with Crippen LogP contribution in [0.3, 0.4) is 0 Å². The lowest BCUT2D eigenvalue weighted by Crippen LogP contribution is -2.45. The Bertz CT molecular complexity index is 1220. The van der Waals surface area contributed by atoms with Crippen LogP contribution in [0.1, 0.15) is 28.8 Å². The molecule has 0 spiro atoms. The fourth-order valence-electron chi connectivity index (χ4n) is 3.85. The highest BCUT2D eigenvalue weighted by atomic mass is 79.9. The predicted molar refractivity (Wildman–Crippen MR) is 127 cm³/mol. The van der Waals surface area contributed by atoms with Gasteiger partial charge >= 0.3 is 0 Å². The number of rotatable bonds is 5. The SMILES string of the molecule is O=C(Nc1cccc(Br)c1)c1cccc(S(=O)(=O)N2CCC(O)(c3ccccc3)CC2)c1. The molecule has 0 atom stereocenters. The lowest BCUT2D eigenvalue weighted by Gasteiger charge is -2.37. The van der Waals surface area contributed by atoms with Gasteiger partial charge in [0.15, 0.2) is 0 Å². The van der Waals surface area contributed by atoms with E-state index >= 15 is 0 Å². The maximum atomic E-state index is 13.2. The molecule has 0 aromatic heterocycles. The minimum atomic E-state index is -3.80. The van der Waals surface area contributed by atoms with E-state index < -0.39 is 21.5 Å². The van der Waals surface area contributed by atoms with E-state index in [1.54, 1.807) is 30.3 Å². The van der Waals surface area contributed by atoms with Crippen molar-refractivity contribution in [2.75, 3.05) is 18.4 Å². The van der Waals surface area contributed by atoms with Gasteiger partial charge in [0.1, 0.15) is 0 Å². The zero-order valence-electron chi connectivity index (χ0n) is 17.2. The second-order valence-electron chi connectivity index (χ2n) is 7.79. The molecule has 1 aliphatic heterocycles. The normalized spacial score (nSPS) is 16.4. The molecule has 1 heterocycles. The van der Waals surface area contributed by atoms with Crippen LogP contribution in [-0.2, 0) is 15.6 Å². The van der Waals surface area contributed by atoms with Gasteiger partial charge in [-0.2, -0.15) is 4.31 Å². The number of nitrogens with one attached hydrogen (secondary N) is 1. The van der Waals surface area contributed by atoms with Gasteiger partial charge in [-0.15, -0.1) is 0 Å². The Hall–Kier alpha value is -2.52. The van der Waals surface area contributed by atoms with E-state index in [4.69, 9.17) is 0 Å². The Morgan fingerprint density at radius 3 is 2.31 bits per heavy atom. The van der Waals surface area contributed by atoms with Gasteiger partial charge in [0, 0.05) is 28.8 Å². The molecule has 6 nitrogen and oxygen atoms in total. The number of amides is 1. The summed E-state index contributed by atoms with van der Waals surface area (Å²) < 4.78 is 28.6. The summed E-state index contributed by atoms with van der Waals surface area (Å²) in [4.78, 5) is 12.7. The minimum absolute atomic E-state index is 0.0598. The Morgan fingerprint density at radius 2 is 1.62 bits per heavy atom. The molecule has 32 heavy (non-hydrogen) atoms. The molecule has 0 aliphatic carbocycles. The molecule has 1 amide bonds. The summed E-state index contributed by atoms with van der Waals surface area (Å²) in [6.45, 7) is 0.393. The van der Waals surface area contributed by atoms with E-state index in [2.05, 4.69) is 21.2 Å². The number of sulfonamides is 1. The van der Waals surface area contributed by atoms with Crippen molar-refractivity contribution in [1.29, 1.82) is 0 Å². The third kappa shape index (κ3) is 4.78. The van der Waals surface area contributed by atoms with Crippen molar-refractivity contribution in [3.05, 3.63) is 94.5 Å². The highest BCUT2D eigenvalue weighted by Crippen LogP contribution is 2.34. The van der Waals surface area contributed by atoms with E-state index in [0.29, 0.717) is 18.5 Å². The molecule has 1 saturated heterocycles. The number of carbonyl (C=O) groups is 1. The number of hydrogen-bond acceptors (Lipinski definition) is 4. The fraction of sp³-hybridized carbons (Fsp3) is 0.208. The molecule has 0 radical (unpaired) electrons. The maximum absolute atomic E-state index is 13.2. The largest absolute Gasteiger partial charge is 0.385 e. The monoisotopic (exact) mass is 514 g/mol. The molecule has 8 heteroatoms. The first-order valence-electron chi connectivity index (χ1n) is 10.2. The first kappa shape index (κ1) is 22.7. The Labute approximate surface area is 196 Å². The summed E-state index contributed by atoms with van der Waals surface area (Å²) in [5, 5.41) is 13.8. The Morgan fingerprint density at radius 1 is 0.938 bits per heavy atom. The molecule has 166 valence electrons. The first-order chi connectivity index (χ1) is 15.3. The van der Waals surface area contributed by atoms with Crippen LogP contribution in [0.25, 0.3) is 0 Å². The summed E-state index contributed by atoms with van der Waals surface area (Å²) in [6, 6.07) is 22.5. The smallest absolute Gasteiger partial charge is 0.255 e. The van der Waals surface area contributed by atoms with Crippen LogP contribution >= 0.6 is 15.9 Å². The van der Waals surface area contributed by atoms with E-state index in [9.17, 15) is 18.3 Å². The maximum Gasteiger partial charge on any atom is 0.255 e. The Kier molecular flexibility index (Phi) is 6.48. The van der Waals surface area contributed by atoms with Crippen LogP contribution in [0, 0.1) is 0 Å². The van der Waals surface area contributed by atoms with Crippen LogP contribution in [0.4, 0.5) is 5.69 Å². The van der Waals surface area contributed by atoms with E-state index in [0.717, 1.165) is 10.0 Å². The lowest BCUT2D eigenvalue weighted by atomic mass is 9.85. The van der Waals surface area contributed by atoms with Gasteiger partial charge in [-0.25, -0.2) is 8.42 Å². The average molecular weight is 515 g/mol. The van der Waals surface area contributed by atoms with Gasteiger partial charge in [0.05, 0.1) is 10.5 Å². The molecule has 1 fully saturated rings. The summed E-state index contributed by atoms with van der Waals surface area (Å²) in [5.74, 6) is -0.391. The van der Waals surface area contributed by atoms with Crippen molar-refractivity contribution in [1.82, 2.24) is 4.31 Å². The number of hydrogen-bond donors (Lipinski definition) is 2. The van der Waals surface area contributed by atoms with Crippen LogP contribution in [0.2, 0.25) is 0 Å². The molecular weight excluding hydrogens is 492 g/mol. The van der Waals surface area contributed by atoms with Gasteiger partial charge in [-0.1, -0.05) is 58.4 Å². The van der Waals surface area contributed by atoms with Gasteiger partial charge < -0.3 is 10.4 Å². The van der Waals surface area contributed by atoms with Crippen molar-refractivity contribution < 1.29 is 18.3 Å². The van der Waals surface area contributed by atoms with Gasteiger partial charge in [0.25, 0.3) is 5.91 Å². The standard InChI is InChI=1S/C24H23BrN2O4S/c25-20-9-5-10-21(17-20)26-23(28)18-6-4-11-22(16-18)32(30,31)27-14-12-24(29,13-15-27)19-7-2-1-3-8-19/h1-11,16-17,29H,12-15H2,(H,26,28). The van der Waals surface area contributed by atoms with Crippen molar-refractivity contribution in [2.24, 2.45) is 0 Å². The quantitative estimate of drug-likeness (QED) is 0.529. The summed E-state index contributed by atoms with van der Waals surface area (Å²) in [6.07, 6.45) is 0.610. The topological polar surface area (TPSA) is 86.7 Å². The van der Waals surface area contributed by atoms with Gasteiger partial charge in [-0.3, -0.25) is 4.79 Å². The number of halogens is 1. The van der Waals surface area contributed by atoms with Crippen LogP contribution in [-0.4, -0.2) is 36.8 Å². The van der Waals surface area contributed by atoms with Crippen molar-refractivity contribution in [3.63, 3.8) is 0 Å². The molecule has 0 bridgehead atoms. The van der Waals surface area contributed by atoms with Crippen molar-refractivity contribution >= 4 is 37.5 Å².